The minimum atomic E-state index is -0.422. The van der Waals surface area contributed by atoms with Gasteiger partial charge in [-0.15, -0.1) is 11.3 Å². The van der Waals surface area contributed by atoms with Gasteiger partial charge in [-0.05, 0) is 32.0 Å². The molecule has 0 amide bonds. The van der Waals surface area contributed by atoms with E-state index in [1.807, 2.05) is 12.4 Å². The number of anilines is 1. The van der Waals surface area contributed by atoms with Crippen molar-refractivity contribution in [2.24, 2.45) is 0 Å². The Hall–Kier alpha value is -2.08. The maximum absolute atomic E-state index is 11.9. The Kier molecular flexibility index (Phi) is 5.16. The van der Waals surface area contributed by atoms with Crippen LogP contribution >= 0.6 is 11.3 Å². The molecule has 5 nitrogen and oxygen atoms in total. The Bertz CT molecular complexity index is 625. The zero-order valence-electron chi connectivity index (χ0n) is 12.1. The van der Waals surface area contributed by atoms with Gasteiger partial charge in [0.15, 0.2) is 0 Å². The van der Waals surface area contributed by atoms with E-state index in [1.165, 1.54) is 4.88 Å². The summed E-state index contributed by atoms with van der Waals surface area (Å²) in [5, 5.41) is 0. The molecule has 0 bridgehead atoms. The molecule has 6 heteroatoms. The van der Waals surface area contributed by atoms with Gasteiger partial charge in [-0.1, -0.05) is 0 Å². The van der Waals surface area contributed by atoms with E-state index in [0.717, 1.165) is 12.1 Å². The van der Waals surface area contributed by atoms with Crippen LogP contribution in [0.5, 0.6) is 5.75 Å². The van der Waals surface area contributed by atoms with E-state index in [4.69, 9.17) is 15.2 Å². The van der Waals surface area contributed by atoms with E-state index in [2.05, 4.69) is 4.98 Å². The minimum absolute atomic E-state index is 0.313. The molecule has 0 saturated heterocycles. The number of hydrogen-bond acceptors (Lipinski definition) is 6. The summed E-state index contributed by atoms with van der Waals surface area (Å²) < 4.78 is 10.7. The third kappa shape index (κ3) is 3.95. The Balaban J connectivity index is 2.05. The summed E-state index contributed by atoms with van der Waals surface area (Å²) in [5.74, 6) is 0.0681. The fraction of sp³-hybridized carbons (Fsp3) is 0.333. The molecule has 0 spiro atoms. The molecular weight excluding hydrogens is 288 g/mol. The van der Waals surface area contributed by atoms with E-state index in [-0.39, 0.29) is 0 Å². The van der Waals surface area contributed by atoms with Crippen molar-refractivity contribution in [2.75, 3.05) is 18.9 Å². The van der Waals surface area contributed by atoms with E-state index in [0.29, 0.717) is 30.2 Å². The summed E-state index contributed by atoms with van der Waals surface area (Å²) in [7, 11) is 0. The molecule has 1 aromatic heterocycles. The second-order valence-corrected chi connectivity index (χ2v) is 5.37. The summed E-state index contributed by atoms with van der Waals surface area (Å²) in [5.41, 5.74) is 9.42. The largest absolute Gasteiger partial charge is 0.492 e. The van der Waals surface area contributed by atoms with Crippen molar-refractivity contribution in [3.05, 3.63) is 39.8 Å². The topological polar surface area (TPSA) is 74.4 Å². The van der Waals surface area contributed by atoms with Crippen molar-refractivity contribution in [1.82, 2.24) is 4.98 Å². The average Bonchev–Trinajstić information content (AvgIpc) is 2.86. The molecule has 0 atom stereocenters. The number of hydrogen-bond donors (Lipinski definition) is 1. The average molecular weight is 306 g/mol. The normalized spacial score (nSPS) is 10.4. The molecule has 0 saturated carbocycles. The number of aromatic nitrogens is 1. The first kappa shape index (κ1) is 15.3. The number of carbonyl (C=O) groups is 1. The molecule has 2 aromatic rings. The van der Waals surface area contributed by atoms with Crippen molar-refractivity contribution in [2.45, 2.75) is 20.3 Å². The van der Waals surface area contributed by atoms with Crippen LogP contribution < -0.4 is 10.5 Å². The van der Waals surface area contributed by atoms with E-state index in [9.17, 15) is 4.79 Å². The maximum atomic E-state index is 11.9. The summed E-state index contributed by atoms with van der Waals surface area (Å²) in [6.07, 6.45) is 0.753. The van der Waals surface area contributed by atoms with Crippen LogP contribution in [0.4, 0.5) is 5.69 Å². The highest BCUT2D eigenvalue weighted by molar-refractivity contribution is 7.09. The monoisotopic (exact) mass is 306 g/mol. The maximum Gasteiger partial charge on any atom is 0.341 e. The van der Waals surface area contributed by atoms with Crippen LogP contribution in [0.3, 0.4) is 0 Å². The molecule has 0 aliphatic heterocycles. The highest BCUT2D eigenvalue weighted by atomic mass is 32.1. The quantitative estimate of drug-likeness (QED) is 0.656. The molecule has 0 radical (unpaired) electrons. The van der Waals surface area contributed by atoms with Crippen LogP contribution in [0.2, 0.25) is 0 Å². The molecule has 0 aliphatic carbocycles. The van der Waals surface area contributed by atoms with Gasteiger partial charge >= 0.3 is 5.97 Å². The summed E-state index contributed by atoms with van der Waals surface area (Å²) in [4.78, 5) is 17.3. The van der Waals surface area contributed by atoms with Gasteiger partial charge in [0.1, 0.15) is 11.3 Å². The number of nitrogens with zero attached hydrogens (tertiary/aromatic N) is 1. The number of thiazole rings is 1. The lowest BCUT2D eigenvalue weighted by Gasteiger charge is -2.11. The van der Waals surface area contributed by atoms with Gasteiger partial charge in [-0.2, -0.15) is 0 Å². The van der Waals surface area contributed by atoms with Gasteiger partial charge in [-0.25, -0.2) is 9.78 Å². The summed E-state index contributed by atoms with van der Waals surface area (Å²) >= 11 is 1.60. The Labute approximate surface area is 127 Å². The Morgan fingerprint density at radius 2 is 2.24 bits per heavy atom. The number of aryl methyl sites for hydroxylation is 1. The third-order valence-corrected chi connectivity index (χ3v) is 3.93. The minimum Gasteiger partial charge on any atom is -0.492 e. The van der Waals surface area contributed by atoms with Crippen molar-refractivity contribution in [3.63, 3.8) is 0 Å². The van der Waals surface area contributed by atoms with Crippen LogP contribution in [0, 0.1) is 6.92 Å². The predicted octanol–water partition coefficient (Wildman–Crippen LogP) is 2.83. The van der Waals surface area contributed by atoms with Gasteiger partial charge in [0.05, 0.1) is 24.4 Å². The first-order valence-corrected chi connectivity index (χ1v) is 7.58. The van der Waals surface area contributed by atoms with Crippen LogP contribution in [0.25, 0.3) is 0 Å². The molecule has 2 N–H and O–H groups in total. The highest BCUT2D eigenvalue weighted by Gasteiger charge is 2.14. The van der Waals surface area contributed by atoms with Gasteiger partial charge in [0, 0.05) is 17.0 Å². The zero-order valence-corrected chi connectivity index (χ0v) is 12.9. The smallest absolute Gasteiger partial charge is 0.341 e. The molecule has 0 aliphatic rings. The number of rotatable bonds is 6. The zero-order chi connectivity index (χ0) is 15.2. The number of benzene rings is 1. The van der Waals surface area contributed by atoms with Crippen LogP contribution in [-0.2, 0) is 11.2 Å². The molecule has 2 rings (SSSR count). The van der Waals surface area contributed by atoms with Crippen molar-refractivity contribution in [3.8, 4) is 5.75 Å². The number of ether oxygens (including phenoxy) is 2. The predicted molar refractivity (Wildman–Crippen MR) is 82.9 cm³/mol. The second kappa shape index (κ2) is 7.08. The number of esters is 1. The van der Waals surface area contributed by atoms with Gasteiger partial charge < -0.3 is 15.2 Å². The molecule has 112 valence electrons. The van der Waals surface area contributed by atoms with Gasteiger partial charge in [-0.3, -0.25) is 0 Å². The van der Waals surface area contributed by atoms with Crippen LogP contribution in [0.1, 0.15) is 27.9 Å². The second-order valence-electron chi connectivity index (χ2n) is 4.44. The van der Waals surface area contributed by atoms with Gasteiger partial charge in [0.25, 0.3) is 0 Å². The third-order valence-electron chi connectivity index (χ3n) is 2.93. The standard InChI is InChI=1S/C15H18N2O3S/c1-3-19-15(18)12-8-11(16)4-5-13(12)20-7-6-14-10(2)17-9-21-14/h4-5,8-9H,3,6-7,16H2,1-2H3. The molecule has 0 unspecified atom stereocenters. The lowest BCUT2D eigenvalue weighted by atomic mass is 10.2. The first-order chi connectivity index (χ1) is 10.1. The van der Waals surface area contributed by atoms with Crippen LogP contribution in [-0.4, -0.2) is 24.2 Å². The fourth-order valence-corrected chi connectivity index (χ4v) is 2.62. The number of nitrogen functional groups attached to an aromatic ring is 1. The molecule has 0 fully saturated rings. The van der Waals surface area contributed by atoms with Crippen molar-refractivity contribution < 1.29 is 14.3 Å². The number of nitrogens with two attached hydrogens (primary N) is 1. The lowest BCUT2D eigenvalue weighted by molar-refractivity contribution is 0.0522. The Morgan fingerprint density at radius 3 is 2.90 bits per heavy atom. The first-order valence-electron chi connectivity index (χ1n) is 6.70. The van der Waals surface area contributed by atoms with E-state index < -0.39 is 5.97 Å². The summed E-state index contributed by atoms with van der Waals surface area (Å²) in [6.45, 7) is 4.52. The highest BCUT2D eigenvalue weighted by Crippen LogP contribution is 2.23. The molecule has 21 heavy (non-hydrogen) atoms. The fourth-order valence-electron chi connectivity index (χ4n) is 1.86. The van der Waals surface area contributed by atoms with Crippen LogP contribution in [0.15, 0.2) is 23.7 Å². The molecular formula is C15H18N2O3S. The van der Waals surface area contributed by atoms with Crippen molar-refractivity contribution >= 4 is 23.0 Å². The van der Waals surface area contributed by atoms with Gasteiger partial charge in [0.2, 0.25) is 0 Å². The molecule has 1 heterocycles. The van der Waals surface area contributed by atoms with Crippen molar-refractivity contribution in [1.29, 1.82) is 0 Å². The Morgan fingerprint density at radius 1 is 1.43 bits per heavy atom. The number of carbonyl (C=O) groups excluding carboxylic acids is 1. The van der Waals surface area contributed by atoms with E-state index in [1.54, 1.807) is 36.5 Å². The SMILES string of the molecule is CCOC(=O)c1cc(N)ccc1OCCc1scnc1C. The molecule has 1 aromatic carbocycles. The summed E-state index contributed by atoms with van der Waals surface area (Å²) in [6, 6.07) is 4.97. The lowest BCUT2D eigenvalue weighted by Crippen LogP contribution is -2.10. The van der Waals surface area contributed by atoms with E-state index >= 15 is 0 Å².